The third kappa shape index (κ3) is 4.30. The number of piperidine rings is 1. The number of nitrogens with one attached hydrogen (secondary N) is 1. The fraction of sp³-hybridized carbons (Fsp3) is 0.500. The fourth-order valence-electron chi connectivity index (χ4n) is 4.19. The number of nitrogens with zero attached hydrogens (tertiary/aromatic N) is 3. The molecular weight excluding hydrogens is 392 g/mol. The number of sulfone groups is 1. The lowest BCUT2D eigenvalue weighted by Crippen LogP contribution is -2.52. The topological polar surface area (TPSA) is 93.5 Å². The van der Waals surface area contributed by atoms with Crippen molar-refractivity contribution in [2.24, 2.45) is 0 Å². The summed E-state index contributed by atoms with van der Waals surface area (Å²) < 4.78 is 31.5. The highest BCUT2D eigenvalue weighted by atomic mass is 32.2. The smallest absolute Gasteiger partial charge is 0.275 e. The molecule has 2 unspecified atom stereocenters. The van der Waals surface area contributed by atoms with Crippen LogP contribution in [0.4, 0.5) is 0 Å². The van der Waals surface area contributed by atoms with Gasteiger partial charge >= 0.3 is 0 Å². The van der Waals surface area contributed by atoms with E-state index < -0.39 is 21.8 Å². The van der Waals surface area contributed by atoms with Gasteiger partial charge in [-0.25, -0.2) is 13.1 Å². The molecular formula is C20H26N4O4S. The molecule has 2 aliphatic heterocycles. The number of aromatic nitrogens is 2. The SMILES string of the molecule is COc1cn(-c2ccccc2)nc1C(=O)NC1CS(=O)(=O)CC1N1CCCCC1. The standard InChI is InChI=1S/C20H26N4O4S/c1-28-18-12-24(15-8-4-2-5-9-15)22-19(18)20(25)21-16-13-29(26,27)14-17(16)23-10-6-3-7-11-23/h2,4-5,8-9,12,16-17H,3,6-7,10-11,13-14H2,1H3,(H,21,25). The van der Waals surface area contributed by atoms with Crippen LogP contribution in [0.1, 0.15) is 29.8 Å². The van der Waals surface area contributed by atoms with Gasteiger partial charge in [-0.1, -0.05) is 24.6 Å². The van der Waals surface area contributed by atoms with Crippen molar-refractivity contribution >= 4 is 15.7 Å². The van der Waals surface area contributed by atoms with Crippen LogP contribution in [0.25, 0.3) is 5.69 Å². The maximum absolute atomic E-state index is 13.0. The van der Waals surface area contributed by atoms with Crippen molar-refractivity contribution in [2.45, 2.75) is 31.3 Å². The Hall–Kier alpha value is -2.39. The van der Waals surface area contributed by atoms with E-state index in [4.69, 9.17) is 4.74 Å². The van der Waals surface area contributed by atoms with Gasteiger partial charge in [-0.15, -0.1) is 0 Å². The van der Waals surface area contributed by atoms with E-state index >= 15 is 0 Å². The predicted molar refractivity (Wildman–Crippen MR) is 109 cm³/mol. The number of ether oxygens (including phenoxy) is 1. The Morgan fingerprint density at radius 2 is 1.86 bits per heavy atom. The summed E-state index contributed by atoms with van der Waals surface area (Å²) in [4.78, 5) is 15.2. The van der Waals surface area contributed by atoms with Gasteiger partial charge in [-0.05, 0) is 38.1 Å². The molecule has 0 radical (unpaired) electrons. The monoisotopic (exact) mass is 418 g/mol. The second kappa shape index (κ2) is 8.16. The van der Waals surface area contributed by atoms with Crippen molar-refractivity contribution in [3.05, 3.63) is 42.2 Å². The van der Waals surface area contributed by atoms with Crippen LogP contribution in [-0.4, -0.2) is 72.8 Å². The van der Waals surface area contributed by atoms with Crippen molar-refractivity contribution in [1.29, 1.82) is 0 Å². The summed E-state index contributed by atoms with van der Waals surface area (Å²) in [5, 5.41) is 7.31. The number of para-hydroxylation sites is 1. The first-order valence-corrected chi connectivity index (χ1v) is 11.7. The number of rotatable bonds is 5. The zero-order valence-corrected chi connectivity index (χ0v) is 17.3. The highest BCUT2D eigenvalue weighted by Crippen LogP contribution is 2.24. The molecule has 1 aromatic carbocycles. The second-order valence-corrected chi connectivity index (χ2v) is 9.80. The minimum Gasteiger partial charge on any atom is -0.493 e. The van der Waals surface area contributed by atoms with Crippen molar-refractivity contribution in [3.63, 3.8) is 0 Å². The summed E-state index contributed by atoms with van der Waals surface area (Å²) >= 11 is 0. The van der Waals surface area contributed by atoms with Gasteiger partial charge in [0.1, 0.15) is 0 Å². The van der Waals surface area contributed by atoms with Gasteiger partial charge in [-0.2, -0.15) is 5.10 Å². The van der Waals surface area contributed by atoms with Gasteiger partial charge in [0.15, 0.2) is 21.3 Å². The molecule has 4 rings (SSSR count). The average Bonchev–Trinajstić information content (AvgIpc) is 3.30. The normalized spacial score (nSPS) is 24.3. The first-order valence-electron chi connectivity index (χ1n) is 9.91. The lowest BCUT2D eigenvalue weighted by atomic mass is 10.0. The molecule has 1 amide bonds. The van der Waals surface area contributed by atoms with E-state index in [9.17, 15) is 13.2 Å². The Bertz CT molecular complexity index is 968. The average molecular weight is 419 g/mol. The van der Waals surface area contributed by atoms with Crippen molar-refractivity contribution < 1.29 is 17.9 Å². The van der Waals surface area contributed by atoms with Crippen LogP contribution in [0.5, 0.6) is 5.75 Å². The predicted octanol–water partition coefficient (Wildman–Crippen LogP) is 1.26. The molecule has 3 heterocycles. The summed E-state index contributed by atoms with van der Waals surface area (Å²) in [6.45, 7) is 1.75. The molecule has 8 nitrogen and oxygen atoms in total. The highest BCUT2D eigenvalue weighted by molar-refractivity contribution is 7.91. The van der Waals surface area contributed by atoms with E-state index in [1.54, 1.807) is 10.9 Å². The third-order valence-corrected chi connectivity index (χ3v) is 7.35. The minimum absolute atomic E-state index is 0.0401. The number of hydrogen-bond acceptors (Lipinski definition) is 6. The van der Waals surface area contributed by atoms with Crippen molar-refractivity contribution in [2.75, 3.05) is 31.7 Å². The molecule has 2 atom stereocenters. The van der Waals surface area contributed by atoms with Crippen LogP contribution in [0, 0.1) is 0 Å². The lowest BCUT2D eigenvalue weighted by Gasteiger charge is -2.34. The third-order valence-electron chi connectivity index (χ3n) is 5.64. The molecule has 2 saturated heterocycles. The maximum Gasteiger partial charge on any atom is 0.275 e. The molecule has 2 fully saturated rings. The van der Waals surface area contributed by atoms with Gasteiger partial charge in [0.05, 0.1) is 36.5 Å². The summed E-state index contributed by atoms with van der Waals surface area (Å²) in [6.07, 6.45) is 4.94. The molecule has 1 N–H and O–H groups in total. The van der Waals surface area contributed by atoms with Crippen LogP contribution in [0.15, 0.2) is 36.5 Å². The Balaban J connectivity index is 1.55. The molecule has 0 spiro atoms. The summed E-state index contributed by atoms with van der Waals surface area (Å²) in [7, 11) is -1.70. The van der Waals surface area contributed by atoms with Crippen LogP contribution in [0.2, 0.25) is 0 Å². The van der Waals surface area contributed by atoms with Gasteiger partial charge in [0.25, 0.3) is 5.91 Å². The summed E-state index contributed by atoms with van der Waals surface area (Å²) in [6, 6.07) is 8.79. The zero-order valence-electron chi connectivity index (χ0n) is 16.5. The minimum atomic E-state index is -3.19. The van der Waals surface area contributed by atoms with E-state index in [1.807, 2.05) is 30.3 Å². The zero-order chi connectivity index (χ0) is 20.4. The Morgan fingerprint density at radius 1 is 1.14 bits per heavy atom. The molecule has 2 aliphatic rings. The number of hydrogen-bond donors (Lipinski definition) is 1. The van der Waals surface area contributed by atoms with Gasteiger partial charge in [0.2, 0.25) is 0 Å². The van der Waals surface area contributed by atoms with E-state index in [2.05, 4.69) is 15.3 Å². The van der Waals surface area contributed by atoms with E-state index in [1.165, 1.54) is 13.5 Å². The van der Waals surface area contributed by atoms with Gasteiger partial charge in [0, 0.05) is 6.04 Å². The Kier molecular flexibility index (Phi) is 5.60. The Labute approximate surface area is 170 Å². The molecule has 29 heavy (non-hydrogen) atoms. The maximum atomic E-state index is 13.0. The van der Waals surface area contributed by atoms with Crippen LogP contribution in [-0.2, 0) is 9.84 Å². The quantitative estimate of drug-likeness (QED) is 0.786. The van der Waals surface area contributed by atoms with Gasteiger partial charge in [-0.3, -0.25) is 9.69 Å². The summed E-state index contributed by atoms with van der Waals surface area (Å²) in [5.41, 5.74) is 0.956. The van der Waals surface area contributed by atoms with E-state index in [0.717, 1.165) is 31.6 Å². The summed E-state index contributed by atoms with van der Waals surface area (Å²) in [5.74, 6) is -0.0165. The number of amides is 1. The number of carbonyl (C=O) groups is 1. The molecule has 2 aromatic rings. The largest absolute Gasteiger partial charge is 0.493 e. The number of likely N-dealkylation sites (tertiary alicyclic amines) is 1. The van der Waals surface area contributed by atoms with Crippen LogP contribution in [0.3, 0.4) is 0 Å². The highest BCUT2D eigenvalue weighted by Gasteiger charge is 2.42. The van der Waals surface area contributed by atoms with E-state index in [0.29, 0.717) is 5.75 Å². The number of benzene rings is 1. The molecule has 9 heteroatoms. The fourth-order valence-corrected chi connectivity index (χ4v) is 6.14. The van der Waals surface area contributed by atoms with Crippen LogP contribution < -0.4 is 10.1 Å². The second-order valence-electron chi connectivity index (χ2n) is 7.65. The first-order chi connectivity index (χ1) is 14.0. The molecule has 0 saturated carbocycles. The molecule has 0 bridgehead atoms. The first kappa shape index (κ1) is 19.9. The van der Waals surface area contributed by atoms with Gasteiger partial charge < -0.3 is 10.1 Å². The molecule has 1 aromatic heterocycles. The van der Waals surface area contributed by atoms with Crippen molar-refractivity contribution in [1.82, 2.24) is 20.0 Å². The lowest BCUT2D eigenvalue weighted by molar-refractivity contribution is 0.0891. The van der Waals surface area contributed by atoms with E-state index in [-0.39, 0.29) is 23.2 Å². The van der Waals surface area contributed by atoms with Crippen molar-refractivity contribution in [3.8, 4) is 11.4 Å². The molecule has 156 valence electrons. The van der Waals surface area contributed by atoms with Crippen LogP contribution >= 0.6 is 0 Å². The number of carbonyl (C=O) groups excluding carboxylic acids is 1. The number of methoxy groups -OCH3 is 1. The molecule has 0 aliphatic carbocycles. The Morgan fingerprint density at radius 3 is 2.55 bits per heavy atom.